The molecule has 0 spiro atoms. The van der Waals surface area contributed by atoms with E-state index in [1.807, 2.05) is 12.1 Å². The van der Waals surface area contributed by atoms with E-state index in [9.17, 15) is 0 Å². The number of nitrogens with zero attached hydrogens (tertiary/aromatic N) is 1. The third kappa shape index (κ3) is 2.55. The highest BCUT2D eigenvalue weighted by Crippen LogP contribution is 2.33. The van der Waals surface area contributed by atoms with Crippen LogP contribution in [0.1, 0.15) is 32.6 Å². The molecular formula is C15H24N2O. The highest BCUT2D eigenvalue weighted by atomic mass is 16.5. The summed E-state index contributed by atoms with van der Waals surface area (Å²) in [6.45, 7) is 2.36. The van der Waals surface area contributed by atoms with E-state index in [1.54, 1.807) is 7.11 Å². The number of hydrogen-bond donors (Lipinski definition) is 1. The van der Waals surface area contributed by atoms with Gasteiger partial charge in [-0.3, -0.25) is 0 Å². The van der Waals surface area contributed by atoms with Gasteiger partial charge < -0.3 is 15.4 Å². The SMILES string of the molecule is COc1cc(N(C)C2CCCCC2C)ccc1N. The molecule has 0 aromatic heterocycles. The first-order valence-electron chi connectivity index (χ1n) is 6.80. The quantitative estimate of drug-likeness (QED) is 0.834. The fourth-order valence-corrected chi connectivity index (χ4v) is 2.98. The van der Waals surface area contributed by atoms with Crippen molar-refractivity contribution in [3.63, 3.8) is 0 Å². The summed E-state index contributed by atoms with van der Waals surface area (Å²) in [7, 11) is 3.84. The van der Waals surface area contributed by atoms with Gasteiger partial charge in [0.05, 0.1) is 12.8 Å². The predicted octanol–water partition coefficient (Wildman–Crippen LogP) is 3.29. The van der Waals surface area contributed by atoms with Gasteiger partial charge in [-0.1, -0.05) is 19.8 Å². The molecule has 18 heavy (non-hydrogen) atoms. The van der Waals surface area contributed by atoms with Crippen molar-refractivity contribution in [2.75, 3.05) is 24.8 Å². The van der Waals surface area contributed by atoms with Crippen LogP contribution >= 0.6 is 0 Å². The Hall–Kier alpha value is -1.38. The first-order valence-corrected chi connectivity index (χ1v) is 6.80. The van der Waals surface area contributed by atoms with Gasteiger partial charge in [-0.2, -0.15) is 0 Å². The molecule has 1 aliphatic rings. The van der Waals surface area contributed by atoms with Gasteiger partial charge in [0.2, 0.25) is 0 Å². The number of hydrogen-bond acceptors (Lipinski definition) is 3. The molecule has 3 heteroatoms. The van der Waals surface area contributed by atoms with Crippen molar-refractivity contribution in [2.24, 2.45) is 5.92 Å². The van der Waals surface area contributed by atoms with Crippen LogP contribution in [0.2, 0.25) is 0 Å². The zero-order valence-corrected chi connectivity index (χ0v) is 11.6. The van der Waals surface area contributed by atoms with Crippen LogP contribution in [0.25, 0.3) is 0 Å². The Morgan fingerprint density at radius 3 is 2.67 bits per heavy atom. The lowest BCUT2D eigenvalue weighted by Gasteiger charge is -2.37. The van der Waals surface area contributed by atoms with Crippen molar-refractivity contribution in [2.45, 2.75) is 38.6 Å². The topological polar surface area (TPSA) is 38.5 Å². The zero-order valence-electron chi connectivity index (χ0n) is 11.6. The summed E-state index contributed by atoms with van der Waals surface area (Å²) in [6, 6.07) is 6.68. The highest BCUT2D eigenvalue weighted by Gasteiger charge is 2.25. The number of nitrogen functional groups attached to an aromatic ring is 1. The van der Waals surface area contributed by atoms with Crippen molar-refractivity contribution in [3.05, 3.63) is 18.2 Å². The highest BCUT2D eigenvalue weighted by molar-refractivity contribution is 5.62. The number of methoxy groups -OCH3 is 1. The maximum absolute atomic E-state index is 5.86. The first-order chi connectivity index (χ1) is 8.63. The summed E-state index contributed by atoms with van der Waals surface area (Å²) >= 11 is 0. The monoisotopic (exact) mass is 248 g/mol. The Kier molecular flexibility index (Phi) is 4.00. The molecule has 0 bridgehead atoms. The molecule has 0 saturated heterocycles. The lowest BCUT2D eigenvalue weighted by atomic mass is 9.85. The molecule has 2 N–H and O–H groups in total. The third-order valence-electron chi connectivity index (χ3n) is 4.19. The predicted molar refractivity (Wildman–Crippen MR) is 77.2 cm³/mol. The molecule has 2 rings (SSSR count). The summed E-state index contributed by atoms with van der Waals surface area (Å²) in [5.74, 6) is 1.52. The van der Waals surface area contributed by atoms with Gasteiger partial charge in [0, 0.05) is 24.8 Å². The van der Waals surface area contributed by atoms with Crippen LogP contribution < -0.4 is 15.4 Å². The van der Waals surface area contributed by atoms with Gasteiger partial charge in [0.25, 0.3) is 0 Å². The minimum Gasteiger partial charge on any atom is -0.495 e. The molecule has 1 aromatic rings. The van der Waals surface area contributed by atoms with E-state index in [4.69, 9.17) is 10.5 Å². The largest absolute Gasteiger partial charge is 0.495 e. The number of nitrogens with two attached hydrogens (primary N) is 1. The molecule has 1 aromatic carbocycles. The van der Waals surface area contributed by atoms with Crippen LogP contribution in [-0.2, 0) is 0 Å². The van der Waals surface area contributed by atoms with Crippen LogP contribution in [-0.4, -0.2) is 20.2 Å². The lowest BCUT2D eigenvalue weighted by Crippen LogP contribution is -2.38. The standard InChI is InChI=1S/C15H24N2O/c1-11-6-4-5-7-14(11)17(2)12-8-9-13(16)15(10-12)18-3/h8-11,14H,4-7,16H2,1-3H3. The van der Waals surface area contributed by atoms with E-state index in [1.165, 1.54) is 31.4 Å². The number of benzene rings is 1. The summed E-state index contributed by atoms with van der Waals surface area (Å²) in [6.07, 6.45) is 5.33. The zero-order chi connectivity index (χ0) is 13.1. The molecule has 1 aliphatic carbocycles. The van der Waals surface area contributed by atoms with Crippen LogP contribution in [0.3, 0.4) is 0 Å². The lowest BCUT2D eigenvalue weighted by molar-refractivity contribution is 0.321. The Labute approximate surface area is 110 Å². The van der Waals surface area contributed by atoms with E-state index in [0.717, 1.165) is 11.7 Å². The van der Waals surface area contributed by atoms with Gasteiger partial charge in [0.15, 0.2) is 0 Å². The maximum Gasteiger partial charge on any atom is 0.143 e. The molecule has 0 amide bonds. The Morgan fingerprint density at radius 1 is 1.28 bits per heavy atom. The normalized spacial score (nSPS) is 23.7. The molecule has 0 radical (unpaired) electrons. The molecule has 2 atom stereocenters. The van der Waals surface area contributed by atoms with Crippen molar-refractivity contribution in [1.82, 2.24) is 0 Å². The minimum absolute atomic E-state index is 0.632. The Morgan fingerprint density at radius 2 is 2.00 bits per heavy atom. The summed E-state index contributed by atoms with van der Waals surface area (Å²) in [4.78, 5) is 2.38. The third-order valence-corrected chi connectivity index (χ3v) is 4.19. The molecule has 3 nitrogen and oxygen atoms in total. The molecule has 1 fully saturated rings. The van der Waals surface area contributed by atoms with E-state index >= 15 is 0 Å². The van der Waals surface area contributed by atoms with Gasteiger partial charge in [0.1, 0.15) is 5.75 Å². The summed E-state index contributed by atoms with van der Waals surface area (Å²) in [5.41, 5.74) is 7.76. The molecule has 1 saturated carbocycles. The van der Waals surface area contributed by atoms with Crippen LogP contribution in [0.5, 0.6) is 5.75 Å². The van der Waals surface area contributed by atoms with E-state index in [2.05, 4.69) is 24.9 Å². The van der Waals surface area contributed by atoms with Crippen molar-refractivity contribution >= 4 is 11.4 Å². The van der Waals surface area contributed by atoms with Gasteiger partial charge >= 0.3 is 0 Å². The van der Waals surface area contributed by atoms with E-state index < -0.39 is 0 Å². The average molecular weight is 248 g/mol. The molecule has 2 unspecified atom stereocenters. The maximum atomic E-state index is 5.86. The molecule has 0 aliphatic heterocycles. The van der Waals surface area contributed by atoms with Gasteiger partial charge in [-0.25, -0.2) is 0 Å². The van der Waals surface area contributed by atoms with Crippen molar-refractivity contribution < 1.29 is 4.74 Å². The van der Waals surface area contributed by atoms with Crippen molar-refractivity contribution in [1.29, 1.82) is 0 Å². The fraction of sp³-hybridized carbons (Fsp3) is 0.600. The summed E-state index contributed by atoms with van der Waals surface area (Å²) in [5, 5.41) is 0. The second-order valence-corrected chi connectivity index (χ2v) is 5.37. The van der Waals surface area contributed by atoms with Crippen molar-refractivity contribution in [3.8, 4) is 5.75 Å². The first kappa shape index (κ1) is 13.1. The van der Waals surface area contributed by atoms with Crippen LogP contribution in [0.4, 0.5) is 11.4 Å². The Balaban J connectivity index is 2.19. The van der Waals surface area contributed by atoms with Crippen LogP contribution in [0, 0.1) is 5.92 Å². The second kappa shape index (κ2) is 5.51. The van der Waals surface area contributed by atoms with E-state index in [-0.39, 0.29) is 0 Å². The fourth-order valence-electron chi connectivity index (χ4n) is 2.98. The van der Waals surface area contributed by atoms with Crippen LogP contribution in [0.15, 0.2) is 18.2 Å². The second-order valence-electron chi connectivity index (χ2n) is 5.37. The minimum atomic E-state index is 0.632. The Bertz CT molecular complexity index is 405. The summed E-state index contributed by atoms with van der Waals surface area (Å²) < 4.78 is 5.30. The van der Waals surface area contributed by atoms with Gasteiger partial charge in [-0.05, 0) is 30.9 Å². The van der Waals surface area contributed by atoms with Gasteiger partial charge in [-0.15, -0.1) is 0 Å². The molecule has 0 heterocycles. The number of anilines is 2. The number of rotatable bonds is 3. The molecular weight excluding hydrogens is 224 g/mol. The number of ether oxygens (including phenoxy) is 1. The average Bonchev–Trinajstić information content (AvgIpc) is 2.39. The molecule has 100 valence electrons. The van der Waals surface area contributed by atoms with E-state index in [0.29, 0.717) is 11.7 Å². The smallest absolute Gasteiger partial charge is 0.143 e.